The number of ether oxygens (including phenoxy) is 1. The Bertz CT molecular complexity index is 357. The predicted octanol–water partition coefficient (Wildman–Crippen LogP) is 2.30. The molecule has 1 aromatic heterocycles. The minimum atomic E-state index is -0.260. The summed E-state index contributed by atoms with van der Waals surface area (Å²) in [5, 5.41) is 2.07. The van der Waals surface area contributed by atoms with Crippen molar-refractivity contribution >= 4 is 17.3 Å². The molecule has 0 aromatic carbocycles. The van der Waals surface area contributed by atoms with E-state index >= 15 is 0 Å². The van der Waals surface area contributed by atoms with Crippen LogP contribution in [-0.4, -0.2) is 31.6 Å². The third-order valence-corrected chi connectivity index (χ3v) is 3.08. The second-order valence-corrected chi connectivity index (χ2v) is 4.69. The molecule has 16 heavy (non-hydrogen) atoms. The first kappa shape index (κ1) is 12.9. The fourth-order valence-corrected chi connectivity index (χ4v) is 2.05. The van der Waals surface area contributed by atoms with Gasteiger partial charge in [-0.25, -0.2) is 4.79 Å². The Balaban J connectivity index is 2.40. The van der Waals surface area contributed by atoms with Gasteiger partial charge in [-0.05, 0) is 25.4 Å². The van der Waals surface area contributed by atoms with Crippen LogP contribution in [0.2, 0.25) is 0 Å². The first-order chi connectivity index (χ1) is 7.63. The van der Waals surface area contributed by atoms with E-state index in [1.807, 2.05) is 19.2 Å². The molecular formula is C12H17NO2S. The summed E-state index contributed by atoms with van der Waals surface area (Å²) >= 11 is 1.74. The summed E-state index contributed by atoms with van der Waals surface area (Å²) in [6.45, 7) is 3.42. The van der Waals surface area contributed by atoms with Crippen LogP contribution >= 0.6 is 11.3 Å². The predicted molar refractivity (Wildman–Crippen MR) is 66.4 cm³/mol. The zero-order valence-electron chi connectivity index (χ0n) is 9.90. The third kappa shape index (κ3) is 4.16. The van der Waals surface area contributed by atoms with Gasteiger partial charge in [0.25, 0.3) is 0 Å². The van der Waals surface area contributed by atoms with Crippen LogP contribution in [0.5, 0.6) is 0 Å². The highest BCUT2D eigenvalue weighted by Crippen LogP contribution is 2.10. The van der Waals surface area contributed by atoms with Gasteiger partial charge in [0.15, 0.2) is 0 Å². The standard InChI is InChI=1S/C12H17NO2S/c1-10(12(14)15-3)6-7-13(2)9-11-5-4-8-16-11/h4-6,8H,7,9H2,1-3H3. The summed E-state index contributed by atoms with van der Waals surface area (Å²) in [5.41, 5.74) is 0.653. The number of carbonyl (C=O) groups excluding carboxylic acids is 1. The molecule has 0 aliphatic carbocycles. The van der Waals surface area contributed by atoms with Crippen molar-refractivity contribution in [2.24, 2.45) is 0 Å². The van der Waals surface area contributed by atoms with Crippen molar-refractivity contribution in [3.8, 4) is 0 Å². The van der Waals surface area contributed by atoms with E-state index in [2.05, 4.69) is 21.1 Å². The normalized spacial score (nSPS) is 11.9. The van der Waals surface area contributed by atoms with Crippen LogP contribution in [0.25, 0.3) is 0 Å². The second kappa shape index (κ2) is 6.45. The lowest BCUT2D eigenvalue weighted by atomic mass is 10.3. The summed E-state index contributed by atoms with van der Waals surface area (Å²) in [6, 6.07) is 4.15. The Hall–Kier alpha value is -1.13. The van der Waals surface area contributed by atoms with E-state index in [1.165, 1.54) is 12.0 Å². The van der Waals surface area contributed by atoms with Crippen LogP contribution in [0.15, 0.2) is 29.2 Å². The fourth-order valence-electron chi connectivity index (χ4n) is 1.27. The van der Waals surface area contributed by atoms with Gasteiger partial charge in [-0.15, -0.1) is 11.3 Å². The summed E-state index contributed by atoms with van der Waals surface area (Å²) in [4.78, 5) is 14.6. The van der Waals surface area contributed by atoms with Crippen LogP contribution in [0.1, 0.15) is 11.8 Å². The Kier molecular flexibility index (Phi) is 5.22. The number of hydrogen-bond donors (Lipinski definition) is 0. The lowest BCUT2D eigenvalue weighted by Gasteiger charge is -2.13. The average molecular weight is 239 g/mol. The van der Waals surface area contributed by atoms with E-state index in [1.54, 1.807) is 18.3 Å². The highest BCUT2D eigenvalue weighted by molar-refractivity contribution is 7.09. The number of esters is 1. The molecule has 3 nitrogen and oxygen atoms in total. The fraction of sp³-hybridized carbons (Fsp3) is 0.417. The molecule has 0 amide bonds. The summed E-state index contributed by atoms with van der Waals surface area (Å²) < 4.78 is 4.63. The molecule has 0 aliphatic rings. The molecule has 1 rings (SSSR count). The van der Waals surface area contributed by atoms with Crippen molar-refractivity contribution in [3.05, 3.63) is 34.0 Å². The molecule has 0 saturated carbocycles. The number of nitrogens with zero attached hydrogens (tertiary/aromatic N) is 1. The molecule has 88 valence electrons. The van der Waals surface area contributed by atoms with Gasteiger partial charge in [-0.1, -0.05) is 12.1 Å². The van der Waals surface area contributed by atoms with Gasteiger partial charge < -0.3 is 4.74 Å². The van der Waals surface area contributed by atoms with Gasteiger partial charge in [-0.3, -0.25) is 4.90 Å². The van der Waals surface area contributed by atoms with E-state index in [9.17, 15) is 4.79 Å². The molecule has 0 bridgehead atoms. The SMILES string of the molecule is COC(=O)C(C)=CCN(C)Cc1cccs1. The Morgan fingerprint density at radius 2 is 2.38 bits per heavy atom. The first-order valence-corrected chi connectivity index (χ1v) is 5.97. The van der Waals surface area contributed by atoms with Gasteiger partial charge in [0, 0.05) is 23.5 Å². The van der Waals surface area contributed by atoms with E-state index in [-0.39, 0.29) is 5.97 Å². The van der Waals surface area contributed by atoms with Crippen molar-refractivity contribution in [2.45, 2.75) is 13.5 Å². The van der Waals surface area contributed by atoms with Crippen molar-refractivity contribution in [1.29, 1.82) is 0 Å². The number of likely N-dealkylation sites (N-methyl/N-ethyl adjacent to an activating group) is 1. The summed E-state index contributed by atoms with van der Waals surface area (Å²) in [7, 11) is 3.43. The number of hydrogen-bond acceptors (Lipinski definition) is 4. The highest BCUT2D eigenvalue weighted by atomic mass is 32.1. The molecule has 1 aromatic rings. The van der Waals surface area contributed by atoms with Crippen molar-refractivity contribution in [2.75, 3.05) is 20.7 Å². The molecule has 0 saturated heterocycles. The molecule has 0 spiro atoms. The van der Waals surface area contributed by atoms with Crippen molar-refractivity contribution in [3.63, 3.8) is 0 Å². The minimum absolute atomic E-state index is 0.260. The monoisotopic (exact) mass is 239 g/mol. The topological polar surface area (TPSA) is 29.5 Å². The van der Waals surface area contributed by atoms with E-state index in [4.69, 9.17) is 0 Å². The van der Waals surface area contributed by atoms with E-state index in [0.717, 1.165) is 13.1 Å². The smallest absolute Gasteiger partial charge is 0.333 e. The quantitative estimate of drug-likeness (QED) is 0.583. The van der Waals surface area contributed by atoms with Crippen molar-refractivity contribution < 1.29 is 9.53 Å². The van der Waals surface area contributed by atoms with Crippen LogP contribution in [0.3, 0.4) is 0 Å². The van der Waals surface area contributed by atoms with Crippen molar-refractivity contribution in [1.82, 2.24) is 4.90 Å². The highest BCUT2D eigenvalue weighted by Gasteiger charge is 2.04. The number of rotatable bonds is 5. The Morgan fingerprint density at radius 3 is 2.94 bits per heavy atom. The summed E-state index contributed by atoms with van der Waals surface area (Å²) in [5.74, 6) is -0.260. The van der Waals surface area contributed by atoms with E-state index < -0.39 is 0 Å². The number of carbonyl (C=O) groups is 1. The maximum absolute atomic E-state index is 11.1. The van der Waals surface area contributed by atoms with Crippen LogP contribution in [0.4, 0.5) is 0 Å². The Labute approximate surface area is 100 Å². The molecule has 4 heteroatoms. The third-order valence-electron chi connectivity index (χ3n) is 2.22. The van der Waals surface area contributed by atoms with Gasteiger partial charge in [0.1, 0.15) is 0 Å². The van der Waals surface area contributed by atoms with E-state index in [0.29, 0.717) is 5.57 Å². The van der Waals surface area contributed by atoms with Gasteiger partial charge >= 0.3 is 5.97 Å². The summed E-state index contributed by atoms with van der Waals surface area (Å²) in [6.07, 6.45) is 1.89. The molecule has 0 unspecified atom stereocenters. The molecule has 0 aliphatic heterocycles. The largest absolute Gasteiger partial charge is 0.466 e. The maximum Gasteiger partial charge on any atom is 0.333 e. The molecule has 0 fully saturated rings. The second-order valence-electron chi connectivity index (χ2n) is 3.65. The van der Waals surface area contributed by atoms with Gasteiger partial charge in [0.05, 0.1) is 7.11 Å². The zero-order valence-corrected chi connectivity index (χ0v) is 10.7. The number of methoxy groups -OCH3 is 1. The zero-order chi connectivity index (χ0) is 12.0. The van der Waals surface area contributed by atoms with Crippen LogP contribution in [-0.2, 0) is 16.1 Å². The molecule has 1 heterocycles. The average Bonchev–Trinajstić information content (AvgIpc) is 2.77. The lowest BCUT2D eigenvalue weighted by Crippen LogP contribution is -2.18. The van der Waals surface area contributed by atoms with Gasteiger partial charge in [0.2, 0.25) is 0 Å². The lowest BCUT2D eigenvalue weighted by molar-refractivity contribution is -0.136. The molecule has 0 N–H and O–H groups in total. The minimum Gasteiger partial charge on any atom is -0.466 e. The van der Waals surface area contributed by atoms with Crippen LogP contribution in [0, 0.1) is 0 Å². The molecule has 0 atom stereocenters. The number of thiophene rings is 1. The van der Waals surface area contributed by atoms with Crippen LogP contribution < -0.4 is 0 Å². The maximum atomic E-state index is 11.1. The van der Waals surface area contributed by atoms with Gasteiger partial charge in [-0.2, -0.15) is 0 Å². The molecular weight excluding hydrogens is 222 g/mol. The molecule has 0 radical (unpaired) electrons. The Morgan fingerprint density at radius 1 is 1.62 bits per heavy atom. The first-order valence-electron chi connectivity index (χ1n) is 5.09.